The van der Waals surface area contributed by atoms with E-state index >= 15 is 0 Å². The topological polar surface area (TPSA) is 55.1 Å². The van der Waals surface area contributed by atoms with E-state index in [4.69, 9.17) is 17.3 Å². The molecule has 104 valence electrons. The maximum absolute atomic E-state index is 12.3. The second-order valence-corrected chi connectivity index (χ2v) is 5.92. The number of amides is 1. The van der Waals surface area contributed by atoms with Gasteiger partial charge in [0.05, 0.1) is 10.7 Å². The number of rotatable bonds is 2. The van der Waals surface area contributed by atoms with Crippen LogP contribution in [0.4, 0.5) is 11.4 Å². The molecule has 2 aromatic carbocycles. The summed E-state index contributed by atoms with van der Waals surface area (Å²) >= 11 is 9.41. The van der Waals surface area contributed by atoms with Crippen molar-refractivity contribution in [3.05, 3.63) is 56.5 Å². The van der Waals surface area contributed by atoms with E-state index in [0.717, 1.165) is 15.6 Å². The zero-order valence-electron chi connectivity index (χ0n) is 11.1. The summed E-state index contributed by atoms with van der Waals surface area (Å²) in [4.78, 5) is 12.3. The predicted molar refractivity (Wildman–Crippen MR) is 87.4 cm³/mol. The molecule has 3 N–H and O–H groups in total. The zero-order chi connectivity index (χ0) is 14.9. The Balaban J connectivity index is 2.33. The molecule has 0 aromatic heterocycles. The van der Waals surface area contributed by atoms with Crippen LogP contribution in [-0.2, 0) is 0 Å². The molecule has 1 amide bonds. The Labute approximate surface area is 131 Å². The van der Waals surface area contributed by atoms with Gasteiger partial charge in [0, 0.05) is 15.7 Å². The van der Waals surface area contributed by atoms with Crippen molar-refractivity contribution in [3.63, 3.8) is 0 Å². The summed E-state index contributed by atoms with van der Waals surface area (Å²) in [6.45, 7) is 3.79. The van der Waals surface area contributed by atoms with Gasteiger partial charge in [-0.05, 0) is 49.2 Å². The van der Waals surface area contributed by atoms with E-state index in [2.05, 4.69) is 21.2 Å². The van der Waals surface area contributed by atoms with Crippen LogP contribution in [0.25, 0.3) is 0 Å². The van der Waals surface area contributed by atoms with Crippen LogP contribution in [0.15, 0.2) is 34.8 Å². The van der Waals surface area contributed by atoms with Crippen molar-refractivity contribution in [2.24, 2.45) is 0 Å². The monoisotopic (exact) mass is 352 g/mol. The zero-order valence-corrected chi connectivity index (χ0v) is 13.5. The lowest BCUT2D eigenvalue weighted by atomic mass is 10.0. The first-order valence-electron chi connectivity index (χ1n) is 6.01. The minimum absolute atomic E-state index is 0.228. The Morgan fingerprint density at radius 3 is 2.60 bits per heavy atom. The third-order valence-electron chi connectivity index (χ3n) is 3.03. The van der Waals surface area contributed by atoms with Crippen LogP contribution in [0.5, 0.6) is 0 Å². The molecule has 0 atom stereocenters. The van der Waals surface area contributed by atoms with Crippen molar-refractivity contribution >= 4 is 44.8 Å². The van der Waals surface area contributed by atoms with E-state index in [0.29, 0.717) is 22.0 Å². The largest absolute Gasteiger partial charge is 0.398 e. The molecule has 0 aliphatic carbocycles. The molecular formula is C15H14BrClN2O. The van der Waals surface area contributed by atoms with Gasteiger partial charge in [0.1, 0.15) is 0 Å². The van der Waals surface area contributed by atoms with Gasteiger partial charge < -0.3 is 11.1 Å². The van der Waals surface area contributed by atoms with Crippen molar-refractivity contribution < 1.29 is 4.79 Å². The number of hydrogen-bond donors (Lipinski definition) is 2. The van der Waals surface area contributed by atoms with Gasteiger partial charge in [-0.15, -0.1) is 0 Å². The van der Waals surface area contributed by atoms with Crippen LogP contribution >= 0.6 is 27.5 Å². The highest BCUT2D eigenvalue weighted by Crippen LogP contribution is 2.27. The van der Waals surface area contributed by atoms with E-state index in [-0.39, 0.29) is 5.91 Å². The van der Waals surface area contributed by atoms with E-state index in [9.17, 15) is 4.79 Å². The summed E-state index contributed by atoms with van der Waals surface area (Å²) in [6.07, 6.45) is 0. The van der Waals surface area contributed by atoms with Crippen molar-refractivity contribution in [2.75, 3.05) is 11.1 Å². The number of carbonyl (C=O) groups is 1. The van der Waals surface area contributed by atoms with Gasteiger partial charge in [0.2, 0.25) is 0 Å². The minimum atomic E-state index is -0.228. The molecule has 3 nitrogen and oxygen atoms in total. The second-order valence-electron chi connectivity index (χ2n) is 4.60. The Morgan fingerprint density at radius 1 is 1.20 bits per heavy atom. The van der Waals surface area contributed by atoms with Gasteiger partial charge in [-0.2, -0.15) is 0 Å². The van der Waals surface area contributed by atoms with Crippen LogP contribution in [0.3, 0.4) is 0 Å². The molecule has 0 aliphatic rings. The maximum Gasteiger partial charge on any atom is 0.256 e. The van der Waals surface area contributed by atoms with Gasteiger partial charge in [-0.25, -0.2) is 0 Å². The first kappa shape index (κ1) is 14.9. The van der Waals surface area contributed by atoms with Crippen molar-refractivity contribution in [1.29, 1.82) is 0 Å². The van der Waals surface area contributed by atoms with Crippen molar-refractivity contribution in [1.82, 2.24) is 0 Å². The molecule has 5 heteroatoms. The maximum atomic E-state index is 12.3. The molecule has 0 saturated heterocycles. The van der Waals surface area contributed by atoms with Crippen LogP contribution < -0.4 is 11.1 Å². The summed E-state index contributed by atoms with van der Waals surface area (Å²) in [5.41, 5.74) is 9.40. The summed E-state index contributed by atoms with van der Waals surface area (Å²) < 4.78 is 0.845. The lowest BCUT2D eigenvalue weighted by Gasteiger charge is -2.11. The molecule has 0 heterocycles. The lowest BCUT2D eigenvalue weighted by molar-refractivity contribution is 0.102. The van der Waals surface area contributed by atoms with E-state index in [1.54, 1.807) is 18.2 Å². The Morgan fingerprint density at radius 2 is 1.90 bits per heavy atom. The highest BCUT2D eigenvalue weighted by Gasteiger charge is 2.13. The first-order chi connectivity index (χ1) is 9.38. The van der Waals surface area contributed by atoms with Gasteiger partial charge in [-0.1, -0.05) is 33.6 Å². The molecule has 0 saturated carbocycles. The fraction of sp³-hybridized carbons (Fsp3) is 0.133. The van der Waals surface area contributed by atoms with Crippen LogP contribution in [0.1, 0.15) is 21.5 Å². The average molecular weight is 354 g/mol. The number of hydrogen-bond acceptors (Lipinski definition) is 2. The number of nitrogen functional groups attached to an aromatic ring is 1. The normalized spacial score (nSPS) is 10.4. The number of benzene rings is 2. The van der Waals surface area contributed by atoms with Crippen LogP contribution in [0, 0.1) is 13.8 Å². The molecule has 2 aromatic rings. The molecule has 0 fully saturated rings. The summed E-state index contributed by atoms with van der Waals surface area (Å²) in [5, 5.41) is 3.28. The molecule has 20 heavy (non-hydrogen) atoms. The number of nitrogens with two attached hydrogens (primary N) is 1. The van der Waals surface area contributed by atoms with Crippen molar-refractivity contribution in [2.45, 2.75) is 13.8 Å². The standard InChI is InChI=1S/C15H14BrClN2O/c1-8-5-9(2)13(18)7-11(8)15(20)19-14-6-10(16)3-4-12(14)17/h3-7H,18H2,1-2H3,(H,19,20). The Hall–Kier alpha value is -1.52. The van der Waals surface area contributed by atoms with Gasteiger partial charge in [0.15, 0.2) is 0 Å². The quantitative estimate of drug-likeness (QED) is 0.778. The summed E-state index contributed by atoms with van der Waals surface area (Å²) in [5.74, 6) is -0.228. The van der Waals surface area contributed by atoms with E-state index in [1.165, 1.54) is 0 Å². The van der Waals surface area contributed by atoms with Gasteiger partial charge in [-0.3, -0.25) is 4.79 Å². The Kier molecular flexibility index (Phi) is 4.35. The third-order valence-corrected chi connectivity index (χ3v) is 3.86. The molecule has 2 rings (SSSR count). The number of carbonyl (C=O) groups excluding carboxylic acids is 1. The second kappa shape index (κ2) is 5.85. The molecular weight excluding hydrogens is 340 g/mol. The highest BCUT2D eigenvalue weighted by atomic mass is 79.9. The number of nitrogens with one attached hydrogen (secondary N) is 1. The average Bonchev–Trinajstić information content (AvgIpc) is 2.38. The molecule has 0 unspecified atom stereocenters. The fourth-order valence-electron chi connectivity index (χ4n) is 1.90. The number of halogens is 2. The van der Waals surface area contributed by atoms with Crippen LogP contribution in [0.2, 0.25) is 5.02 Å². The molecule has 0 spiro atoms. The van der Waals surface area contributed by atoms with E-state index < -0.39 is 0 Å². The minimum Gasteiger partial charge on any atom is -0.398 e. The van der Waals surface area contributed by atoms with Gasteiger partial charge in [0.25, 0.3) is 5.91 Å². The SMILES string of the molecule is Cc1cc(C)c(C(=O)Nc2cc(Br)ccc2Cl)cc1N. The van der Waals surface area contributed by atoms with Crippen LogP contribution in [-0.4, -0.2) is 5.91 Å². The third kappa shape index (κ3) is 3.14. The summed E-state index contributed by atoms with van der Waals surface area (Å²) in [7, 11) is 0. The molecule has 0 aliphatic heterocycles. The lowest BCUT2D eigenvalue weighted by Crippen LogP contribution is -2.14. The van der Waals surface area contributed by atoms with E-state index in [1.807, 2.05) is 26.0 Å². The Bertz CT molecular complexity index is 686. The summed E-state index contributed by atoms with van der Waals surface area (Å²) in [6, 6.07) is 8.87. The highest BCUT2D eigenvalue weighted by molar-refractivity contribution is 9.10. The van der Waals surface area contributed by atoms with Gasteiger partial charge >= 0.3 is 0 Å². The predicted octanol–water partition coefficient (Wildman–Crippen LogP) is 4.55. The number of aryl methyl sites for hydroxylation is 2. The smallest absolute Gasteiger partial charge is 0.256 e. The number of anilines is 2. The first-order valence-corrected chi connectivity index (χ1v) is 7.18. The molecule has 0 bridgehead atoms. The molecule has 0 radical (unpaired) electrons. The van der Waals surface area contributed by atoms with Crippen molar-refractivity contribution in [3.8, 4) is 0 Å². The fourth-order valence-corrected chi connectivity index (χ4v) is 2.42.